The van der Waals surface area contributed by atoms with Crippen LogP contribution in [0.4, 0.5) is 5.95 Å². The Morgan fingerprint density at radius 1 is 1.17 bits per heavy atom. The number of nitrogen functional groups attached to an aromatic ring is 1. The number of tetrazole rings is 1. The first-order valence-corrected chi connectivity index (χ1v) is 5.70. The van der Waals surface area contributed by atoms with Gasteiger partial charge in [0.25, 0.3) is 0 Å². The van der Waals surface area contributed by atoms with Gasteiger partial charge in [-0.3, -0.25) is 0 Å². The highest BCUT2D eigenvalue weighted by Gasteiger charge is 2.10. The van der Waals surface area contributed by atoms with Crippen molar-refractivity contribution in [2.75, 3.05) is 18.9 Å². The first-order chi connectivity index (χ1) is 8.76. The first-order valence-electron chi connectivity index (χ1n) is 5.70. The molecule has 7 nitrogen and oxygen atoms in total. The van der Waals surface area contributed by atoms with Crippen LogP contribution in [0.3, 0.4) is 0 Å². The molecule has 0 radical (unpaired) electrons. The van der Waals surface area contributed by atoms with Crippen LogP contribution in [0, 0.1) is 0 Å². The van der Waals surface area contributed by atoms with Gasteiger partial charge in [-0.15, -0.1) is 0 Å². The van der Waals surface area contributed by atoms with Gasteiger partial charge in [0.15, 0.2) is 11.5 Å². The van der Waals surface area contributed by atoms with Crippen LogP contribution in [0.2, 0.25) is 0 Å². The van der Waals surface area contributed by atoms with Crippen LogP contribution in [0.25, 0.3) is 5.69 Å². The van der Waals surface area contributed by atoms with E-state index in [1.165, 1.54) is 4.68 Å². The maximum Gasteiger partial charge on any atom is 0.245 e. The molecular formula is C11H15N5O2. The minimum Gasteiger partial charge on any atom is -0.490 e. The van der Waals surface area contributed by atoms with Crippen molar-refractivity contribution in [1.29, 1.82) is 0 Å². The molecule has 1 aromatic carbocycles. The van der Waals surface area contributed by atoms with Crippen molar-refractivity contribution in [2.24, 2.45) is 0 Å². The number of hydrogen-bond acceptors (Lipinski definition) is 6. The zero-order valence-corrected chi connectivity index (χ0v) is 10.3. The molecule has 0 fully saturated rings. The van der Waals surface area contributed by atoms with Gasteiger partial charge in [0.05, 0.1) is 18.9 Å². The summed E-state index contributed by atoms with van der Waals surface area (Å²) in [5, 5.41) is 10.9. The molecule has 0 aliphatic heterocycles. The highest BCUT2D eigenvalue weighted by Crippen LogP contribution is 2.30. The molecule has 96 valence electrons. The molecule has 1 heterocycles. The molecule has 1 aromatic heterocycles. The monoisotopic (exact) mass is 249 g/mol. The Bertz CT molecular complexity index is 526. The minimum absolute atomic E-state index is 0.224. The molecule has 7 heteroatoms. The van der Waals surface area contributed by atoms with Crippen LogP contribution in [0.15, 0.2) is 18.2 Å². The van der Waals surface area contributed by atoms with Crippen LogP contribution in [0.1, 0.15) is 13.8 Å². The van der Waals surface area contributed by atoms with Crippen molar-refractivity contribution in [1.82, 2.24) is 20.2 Å². The standard InChI is InChI=1S/C11H15N5O2/c1-3-17-9-6-5-8(7-10(9)18-4-2)16-11(12)13-14-15-16/h5-7H,3-4H2,1-2H3,(H2,12,13,15). The number of anilines is 1. The molecule has 0 amide bonds. The van der Waals surface area contributed by atoms with Gasteiger partial charge in [0.2, 0.25) is 5.95 Å². The Labute approximate surface area is 104 Å². The van der Waals surface area contributed by atoms with Crippen LogP contribution in [-0.2, 0) is 0 Å². The summed E-state index contributed by atoms with van der Waals surface area (Å²) in [6.45, 7) is 4.96. The van der Waals surface area contributed by atoms with Crippen molar-refractivity contribution >= 4 is 5.95 Å². The van der Waals surface area contributed by atoms with Crippen molar-refractivity contribution in [3.05, 3.63) is 18.2 Å². The summed E-state index contributed by atoms with van der Waals surface area (Å²) in [5.41, 5.74) is 6.37. The number of nitrogens with two attached hydrogens (primary N) is 1. The fraction of sp³-hybridized carbons (Fsp3) is 0.364. The zero-order valence-electron chi connectivity index (χ0n) is 10.3. The Kier molecular flexibility index (Phi) is 3.61. The van der Waals surface area contributed by atoms with E-state index in [2.05, 4.69) is 15.5 Å². The lowest BCUT2D eigenvalue weighted by molar-refractivity contribution is 0.287. The Morgan fingerprint density at radius 3 is 2.50 bits per heavy atom. The molecule has 2 rings (SSSR count). The Hall–Kier alpha value is -2.31. The van der Waals surface area contributed by atoms with Crippen molar-refractivity contribution in [2.45, 2.75) is 13.8 Å². The van der Waals surface area contributed by atoms with E-state index in [-0.39, 0.29) is 5.95 Å². The summed E-state index contributed by atoms with van der Waals surface area (Å²) < 4.78 is 12.4. The van der Waals surface area contributed by atoms with Crippen LogP contribution in [-0.4, -0.2) is 33.4 Å². The maximum absolute atomic E-state index is 5.65. The number of nitrogens with zero attached hydrogens (tertiary/aromatic N) is 4. The lowest BCUT2D eigenvalue weighted by Gasteiger charge is -2.12. The minimum atomic E-state index is 0.224. The molecule has 0 bridgehead atoms. The number of aromatic nitrogens is 4. The van der Waals surface area contributed by atoms with Crippen LogP contribution < -0.4 is 15.2 Å². The fourth-order valence-electron chi connectivity index (χ4n) is 1.55. The van der Waals surface area contributed by atoms with Crippen LogP contribution in [0.5, 0.6) is 11.5 Å². The topological polar surface area (TPSA) is 88.1 Å². The quantitative estimate of drug-likeness (QED) is 0.851. The molecule has 2 aromatic rings. The van der Waals surface area contributed by atoms with E-state index in [0.717, 1.165) is 5.69 Å². The van der Waals surface area contributed by atoms with E-state index in [1.807, 2.05) is 26.0 Å². The number of ether oxygens (including phenoxy) is 2. The van der Waals surface area contributed by atoms with Gasteiger partial charge in [-0.25, -0.2) is 0 Å². The molecular weight excluding hydrogens is 234 g/mol. The first kappa shape index (κ1) is 12.2. The molecule has 18 heavy (non-hydrogen) atoms. The largest absolute Gasteiger partial charge is 0.490 e. The van der Waals surface area contributed by atoms with Crippen molar-refractivity contribution in [3.8, 4) is 17.2 Å². The van der Waals surface area contributed by atoms with E-state index in [0.29, 0.717) is 24.7 Å². The summed E-state index contributed by atoms with van der Waals surface area (Å²) in [7, 11) is 0. The van der Waals surface area contributed by atoms with Gasteiger partial charge >= 0.3 is 0 Å². The molecule has 0 aliphatic rings. The van der Waals surface area contributed by atoms with Crippen LogP contribution >= 0.6 is 0 Å². The highest BCUT2D eigenvalue weighted by molar-refractivity contribution is 5.50. The summed E-state index contributed by atoms with van der Waals surface area (Å²) in [6.07, 6.45) is 0. The normalized spacial score (nSPS) is 10.3. The summed E-state index contributed by atoms with van der Waals surface area (Å²) in [6, 6.07) is 5.42. The molecule has 0 unspecified atom stereocenters. The van der Waals surface area contributed by atoms with Crippen molar-refractivity contribution < 1.29 is 9.47 Å². The second-order valence-corrected chi connectivity index (χ2v) is 3.45. The number of hydrogen-bond donors (Lipinski definition) is 1. The SMILES string of the molecule is CCOc1ccc(-n2nnnc2N)cc1OCC. The average Bonchev–Trinajstić information content (AvgIpc) is 2.78. The molecule has 0 spiro atoms. The summed E-state index contributed by atoms with van der Waals surface area (Å²) >= 11 is 0. The number of rotatable bonds is 5. The average molecular weight is 249 g/mol. The van der Waals surface area contributed by atoms with Gasteiger partial charge < -0.3 is 15.2 Å². The van der Waals surface area contributed by atoms with Gasteiger partial charge in [-0.2, -0.15) is 4.68 Å². The Balaban J connectivity index is 2.39. The van der Waals surface area contributed by atoms with Gasteiger partial charge in [-0.1, -0.05) is 5.10 Å². The number of benzene rings is 1. The van der Waals surface area contributed by atoms with E-state index in [4.69, 9.17) is 15.2 Å². The second-order valence-electron chi connectivity index (χ2n) is 3.45. The second kappa shape index (κ2) is 5.35. The van der Waals surface area contributed by atoms with Gasteiger partial charge in [0, 0.05) is 6.07 Å². The Morgan fingerprint density at radius 2 is 1.89 bits per heavy atom. The lowest BCUT2D eigenvalue weighted by atomic mass is 10.2. The summed E-state index contributed by atoms with van der Waals surface area (Å²) in [5.74, 6) is 1.56. The lowest BCUT2D eigenvalue weighted by Crippen LogP contribution is -2.04. The van der Waals surface area contributed by atoms with E-state index < -0.39 is 0 Å². The predicted octanol–water partition coefficient (Wildman–Crippen LogP) is 1.04. The molecule has 0 atom stereocenters. The smallest absolute Gasteiger partial charge is 0.245 e. The van der Waals surface area contributed by atoms with Crippen molar-refractivity contribution in [3.63, 3.8) is 0 Å². The molecule has 0 saturated carbocycles. The third kappa shape index (κ3) is 2.34. The predicted molar refractivity (Wildman–Crippen MR) is 65.9 cm³/mol. The summed E-state index contributed by atoms with van der Waals surface area (Å²) in [4.78, 5) is 0. The molecule has 0 aliphatic carbocycles. The van der Waals surface area contributed by atoms with E-state index in [1.54, 1.807) is 6.07 Å². The van der Waals surface area contributed by atoms with E-state index >= 15 is 0 Å². The third-order valence-corrected chi connectivity index (χ3v) is 2.27. The third-order valence-electron chi connectivity index (χ3n) is 2.27. The highest BCUT2D eigenvalue weighted by atomic mass is 16.5. The van der Waals surface area contributed by atoms with Gasteiger partial charge in [-0.05, 0) is 36.4 Å². The fourth-order valence-corrected chi connectivity index (χ4v) is 1.55. The molecule has 2 N–H and O–H groups in total. The van der Waals surface area contributed by atoms with E-state index in [9.17, 15) is 0 Å². The van der Waals surface area contributed by atoms with Gasteiger partial charge in [0.1, 0.15) is 0 Å². The maximum atomic E-state index is 5.65. The molecule has 0 saturated heterocycles. The zero-order chi connectivity index (χ0) is 13.0.